The predicted octanol–water partition coefficient (Wildman–Crippen LogP) is 4.29. The molecule has 1 aromatic carbocycles. The van der Waals surface area contributed by atoms with Crippen LogP contribution >= 0.6 is 0 Å². The number of aromatic nitrogens is 4. The number of likely N-dealkylation sites (tertiary alicyclic amines) is 1. The summed E-state index contributed by atoms with van der Waals surface area (Å²) in [7, 11) is 1.31. The number of fused-ring (bicyclic) bond motifs is 1. The van der Waals surface area contributed by atoms with Crippen molar-refractivity contribution in [2.75, 3.05) is 38.2 Å². The van der Waals surface area contributed by atoms with Crippen molar-refractivity contribution in [2.45, 2.75) is 57.0 Å². The first-order valence-electron chi connectivity index (χ1n) is 15.4. The number of aryl methyl sites for hydroxylation is 1. The number of benzene rings is 1. The van der Waals surface area contributed by atoms with E-state index in [1.54, 1.807) is 22.7 Å². The lowest BCUT2D eigenvalue weighted by Gasteiger charge is -2.27. The highest BCUT2D eigenvalue weighted by Crippen LogP contribution is 2.53. The molecule has 2 aliphatic heterocycles. The number of anilines is 1. The highest BCUT2D eigenvalue weighted by atomic mass is 16.5. The van der Waals surface area contributed by atoms with Crippen molar-refractivity contribution < 1.29 is 19.4 Å². The van der Waals surface area contributed by atoms with E-state index < -0.39 is 11.6 Å². The highest BCUT2D eigenvalue weighted by molar-refractivity contribution is 5.91. The monoisotopic (exact) mass is 594 g/mol. The molecule has 1 spiro atoms. The van der Waals surface area contributed by atoms with Crippen molar-refractivity contribution in [1.82, 2.24) is 24.5 Å². The van der Waals surface area contributed by atoms with E-state index in [9.17, 15) is 14.7 Å². The third-order valence-corrected chi connectivity index (χ3v) is 10.2. The van der Waals surface area contributed by atoms with Crippen molar-refractivity contribution in [3.05, 3.63) is 89.1 Å². The normalized spacial score (nSPS) is 26.6. The molecule has 5 heterocycles. The number of esters is 1. The lowest BCUT2D eigenvalue weighted by molar-refractivity contribution is 0.0258. The van der Waals surface area contributed by atoms with Crippen molar-refractivity contribution in [2.24, 2.45) is 5.41 Å². The van der Waals surface area contributed by atoms with E-state index in [1.165, 1.54) is 12.7 Å². The average Bonchev–Trinajstić information content (AvgIpc) is 3.83. The van der Waals surface area contributed by atoms with Crippen LogP contribution in [0.25, 0.3) is 5.65 Å². The number of carbonyl (C=O) groups is 2. The fraction of sp³-hybridized carbons (Fsp3) is 0.441. The Kier molecular flexibility index (Phi) is 6.73. The van der Waals surface area contributed by atoms with Crippen LogP contribution in [-0.2, 0) is 15.8 Å². The summed E-state index contributed by atoms with van der Waals surface area (Å²) in [5, 5.41) is 16.3. The Morgan fingerprint density at radius 1 is 0.955 bits per heavy atom. The molecule has 3 fully saturated rings. The number of hydrogen-bond acceptors (Lipinski definition) is 8. The molecule has 3 aromatic heterocycles. The Morgan fingerprint density at radius 3 is 2.57 bits per heavy atom. The van der Waals surface area contributed by atoms with Crippen LogP contribution < -0.4 is 4.90 Å². The number of carbonyl (C=O) groups excluding carboxylic acids is 2. The number of ether oxygens (including phenoxy) is 1. The van der Waals surface area contributed by atoms with Crippen molar-refractivity contribution in [3.63, 3.8) is 0 Å². The minimum absolute atomic E-state index is 0.0753. The summed E-state index contributed by atoms with van der Waals surface area (Å²) >= 11 is 0. The van der Waals surface area contributed by atoms with Crippen LogP contribution in [0.5, 0.6) is 0 Å². The molecule has 10 nitrogen and oxygen atoms in total. The van der Waals surface area contributed by atoms with Gasteiger partial charge in [-0.25, -0.2) is 19.3 Å². The van der Waals surface area contributed by atoms with Crippen LogP contribution in [-0.4, -0.2) is 74.8 Å². The van der Waals surface area contributed by atoms with Crippen LogP contribution in [0.4, 0.5) is 5.69 Å². The van der Waals surface area contributed by atoms with Crippen molar-refractivity contribution in [3.8, 4) is 0 Å². The van der Waals surface area contributed by atoms with Gasteiger partial charge in [-0.05, 0) is 73.8 Å². The maximum absolute atomic E-state index is 13.7. The Morgan fingerprint density at radius 2 is 1.77 bits per heavy atom. The fourth-order valence-corrected chi connectivity index (χ4v) is 7.65. The molecule has 1 aliphatic carbocycles. The number of nitrogens with zero attached hydrogens (tertiary/aromatic N) is 6. The summed E-state index contributed by atoms with van der Waals surface area (Å²) in [4.78, 5) is 39.0. The van der Waals surface area contributed by atoms with Crippen molar-refractivity contribution in [1.29, 1.82) is 0 Å². The maximum atomic E-state index is 13.7. The first kappa shape index (κ1) is 28.5. The van der Waals surface area contributed by atoms with Gasteiger partial charge in [0.05, 0.1) is 24.7 Å². The first-order chi connectivity index (χ1) is 21.1. The molecule has 1 amide bonds. The summed E-state index contributed by atoms with van der Waals surface area (Å²) in [6.45, 7) is 7.30. The third-order valence-electron chi connectivity index (χ3n) is 10.2. The van der Waals surface area contributed by atoms with Gasteiger partial charge in [-0.3, -0.25) is 4.79 Å². The summed E-state index contributed by atoms with van der Waals surface area (Å²) in [6, 6.07) is 17.9. The summed E-state index contributed by atoms with van der Waals surface area (Å²) in [5.41, 5.74) is 3.42. The topological polar surface area (TPSA) is 113 Å². The van der Waals surface area contributed by atoms with Gasteiger partial charge in [-0.15, -0.1) is 5.10 Å². The maximum Gasteiger partial charge on any atom is 0.356 e. The second-order valence-electron chi connectivity index (χ2n) is 13.3. The second kappa shape index (κ2) is 10.4. The van der Waals surface area contributed by atoms with Gasteiger partial charge in [0.15, 0.2) is 5.65 Å². The Bertz CT molecular complexity index is 1760. The van der Waals surface area contributed by atoms with Gasteiger partial charge in [-0.2, -0.15) is 0 Å². The molecule has 3 atom stereocenters. The van der Waals surface area contributed by atoms with E-state index >= 15 is 0 Å². The zero-order chi connectivity index (χ0) is 30.7. The average molecular weight is 595 g/mol. The van der Waals surface area contributed by atoms with Crippen LogP contribution in [0.2, 0.25) is 0 Å². The Hall–Kier alpha value is -4.31. The predicted molar refractivity (Wildman–Crippen MR) is 165 cm³/mol. The quantitative estimate of drug-likeness (QED) is 0.341. The van der Waals surface area contributed by atoms with E-state index in [2.05, 4.69) is 63.3 Å². The lowest BCUT2D eigenvalue weighted by Crippen LogP contribution is -2.33. The summed E-state index contributed by atoms with van der Waals surface area (Å²) in [6.07, 6.45) is 5.58. The molecule has 2 saturated heterocycles. The molecule has 228 valence electrons. The summed E-state index contributed by atoms with van der Waals surface area (Å²) in [5.74, 6) is -0.529. The smallest absolute Gasteiger partial charge is 0.356 e. The fourth-order valence-electron chi connectivity index (χ4n) is 7.65. The minimum atomic E-state index is -1.16. The number of hydrogen-bond donors (Lipinski definition) is 1. The molecule has 10 heteroatoms. The zero-order valence-electron chi connectivity index (χ0n) is 25.5. The molecule has 44 heavy (non-hydrogen) atoms. The number of methoxy groups -OCH3 is 1. The van der Waals surface area contributed by atoms with E-state index in [0.717, 1.165) is 43.6 Å². The SMILES string of the molecule is COC(=O)c1cccc(C2(O)CCC3(CCN(C(=O)c4nc5c(C)cc(N6CC[C@](C)(c7ccccc7)C6)cn5n4)C3)C2)n1. The van der Waals surface area contributed by atoms with Gasteiger partial charge in [0.2, 0.25) is 5.82 Å². The first-order valence-corrected chi connectivity index (χ1v) is 15.4. The number of amides is 1. The molecule has 2 unspecified atom stereocenters. The third kappa shape index (κ3) is 4.81. The molecule has 4 aromatic rings. The van der Waals surface area contributed by atoms with Gasteiger partial charge >= 0.3 is 5.97 Å². The minimum Gasteiger partial charge on any atom is -0.464 e. The summed E-state index contributed by atoms with van der Waals surface area (Å²) < 4.78 is 6.55. The van der Waals surface area contributed by atoms with E-state index in [0.29, 0.717) is 37.3 Å². The molecule has 3 aliphatic rings. The zero-order valence-corrected chi connectivity index (χ0v) is 25.5. The van der Waals surface area contributed by atoms with Gasteiger partial charge in [0, 0.05) is 31.6 Å². The molecule has 0 radical (unpaired) electrons. The van der Waals surface area contributed by atoms with E-state index in [-0.39, 0.29) is 28.3 Å². The molecule has 1 saturated carbocycles. The van der Waals surface area contributed by atoms with E-state index in [4.69, 9.17) is 4.74 Å². The Labute approximate surface area is 256 Å². The van der Waals surface area contributed by atoms with Gasteiger partial charge in [-0.1, -0.05) is 43.3 Å². The lowest BCUT2D eigenvalue weighted by atomic mass is 9.82. The largest absolute Gasteiger partial charge is 0.464 e. The molecular formula is C34H38N6O4. The van der Waals surface area contributed by atoms with Crippen molar-refractivity contribution >= 4 is 23.2 Å². The molecule has 7 rings (SSSR count). The van der Waals surface area contributed by atoms with Crippen LogP contribution in [0, 0.1) is 12.3 Å². The molecule has 0 bridgehead atoms. The Balaban J connectivity index is 1.07. The second-order valence-corrected chi connectivity index (χ2v) is 13.3. The van der Waals surface area contributed by atoms with Gasteiger partial charge < -0.3 is 19.6 Å². The molecular weight excluding hydrogens is 556 g/mol. The number of aliphatic hydroxyl groups is 1. The number of rotatable bonds is 5. The van der Waals surface area contributed by atoms with Crippen LogP contribution in [0.3, 0.4) is 0 Å². The van der Waals surface area contributed by atoms with E-state index in [1.807, 2.05) is 18.0 Å². The highest BCUT2D eigenvalue weighted by Gasteiger charge is 2.52. The standard InChI is InChI=1S/C34H38N6O4/c1-23-18-25(38-16-14-32(2,21-38)24-8-5-4-6-9-24)19-40-29(23)36-28(37-40)30(41)39-17-15-33(22-39)12-13-34(43,20-33)27-11-7-10-26(35-27)31(42)44-3/h4-11,18-19,43H,12-17,20-22H2,1-3H3/t32-,33?,34?/m0/s1. The molecule has 1 N–H and O–H groups in total. The van der Waals surface area contributed by atoms with Gasteiger partial charge in [0.25, 0.3) is 5.91 Å². The van der Waals surface area contributed by atoms with Crippen LogP contribution in [0.1, 0.15) is 77.0 Å². The number of pyridine rings is 2. The van der Waals surface area contributed by atoms with Gasteiger partial charge in [0.1, 0.15) is 11.3 Å². The van der Waals surface area contributed by atoms with Crippen LogP contribution in [0.15, 0.2) is 60.8 Å².